The molecule has 2 heterocycles. The first-order valence-corrected chi connectivity index (χ1v) is 15.1. The van der Waals surface area contributed by atoms with E-state index in [1.807, 2.05) is 0 Å². The van der Waals surface area contributed by atoms with E-state index in [0.29, 0.717) is 0 Å². The van der Waals surface area contributed by atoms with Gasteiger partial charge >= 0.3 is 0 Å². The maximum absolute atomic E-state index is 2.78. The van der Waals surface area contributed by atoms with Gasteiger partial charge in [0.25, 0.3) is 0 Å². The summed E-state index contributed by atoms with van der Waals surface area (Å²) in [7, 11) is 0. The number of fused-ring (bicyclic) bond motifs is 3. The molecule has 8 rings (SSSR count). The number of pyridine rings is 1. The van der Waals surface area contributed by atoms with E-state index in [0.717, 1.165) is 36.5 Å². The average Bonchev–Trinajstić information content (AvgIpc) is 3.06. The highest BCUT2D eigenvalue weighted by atomic mass is 15.1. The minimum absolute atomic E-state index is 0.0581. The Kier molecular flexibility index (Phi) is 5.15. The van der Waals surface area contributed by atoms with Crippen molar-refractivity contribution in [2.24, 2.45) is 11.8 Å². The van der Waals surface area contributed by atoms with Crippen LogP contribution >= 0.6 is 0 Å². The predicted molar refractivity (Wildman–Crippen MR) is 154 cm³/mol. The molecule has 0 radical (unpaired) electrons. The fraction of sp³-hybridized carbons (Fsp3) is 0.528. The number of aryl methyl sites for hydroxylation is 2. The molecule has 1 aromatic heterocycles. The Morgan fingerprint density at radius 2 is 1.43 bits per heavy atom. The van der Waals surface area contributed by atoms with Crippen LogP contribution in [0, 0.1) is 25.7 Å². The fourth-order valence-electron chi connectivity index (χ4n) is 9.60. The Morgan fingerprint density at radius 1 is 0.784 bits per heavy atom. The van der Waals surface area contributed by atoms with E-state index < -0.39 is 0 Å². The standard InChI is InChI=1S/C36H44N/c1-7-35(5)32-13-12-26(34-22(3)10-9-11-23(34)4)19-30(32)33-20-29-27-15-24-14-25(16-27)18-28(17-24)31(29)21-37(33)36(35,6)8-2/h9-13,19-21,24-25,27-28H,7-8,14-18H2,1-6H3/q+1. The molecule has 0 amide bonds. The molecule has 2 aromatic carbocycles. The van der Waals surface area contributed by atoms with Crippen LogP contribution in [0.25, 0.3) is 22.4 Å². The van der Waals surface area contributed by atoms with Gasteiger partial charge < -0.3 is 0 Å². The maximum Gasteiger partial charge on any atom is 0.213 e. The van der Waals surface area contributed by atoms with Crippen LogP contribution in [0.1, 0.15) is 112 Å². The molecule has 1 nitrogen and oxygen atoms in total. The summed E-state index contributed by atoms with van der Waals surface area (Å²) < 4.78 is 2.78. The molecular formula is C36H44N+. The van der Waals surface area contributed by atoms with Crippen molar-refractivity contribution in [3.63, 3.8) is 0 Å². The number of nitrogens with zero attached hydrogens (tertiary/aromatic N) is 1. The molecule has 5 aliphatic rings. The van der Waals surface area contributed by atoms with Gasteiger partial charge in [0, 0.05) is 25.0 Å². The van der Waals surface area contributed by atoms with Crippen LogP contribution in [-0.4, -0.2) is 0 Å². The molecule has 2 fully saturated rings. The summed E-state index contributed by atoms with van der Waals surface area (Å²) in [5.74, 6) is 3.46. The van der Waals surface area contributed by atoms with Crippen molar-refractivity contribution in [3.05, 3.63) is 76.5 Å². The van der Waals surface area contributed by atoms with Gasteiger partial charge in [0.1, 0.15) is 0 Å². The van der Waals surface area contributed by atoms with Crippen LogP contribution in [0.3, 0.4) is 0 Å². The summed E-state index contributed by atoms with van der Waals surface area (Å²) in [6.45, 7) is 14.4. The Balaban J connectivity index is 1.52. The quantitative estimate of drug-likeness (QED) is 0.322. The minimum Gasteiger partial charge on any atom is -0.192 e. The first-order chi connectivity index (χ1) is 17.8. The maximum atomic E-state index is 2.78. The van der Waals surface area contributed by atoms with E-state index in [4.69, 9.17) is 0 Å². The highest BCUT2D eigenvalue weighted by Crippen LogP contribution is 2.58. The number of benzene rings is 2. The summed E-state index contributed by atoms with van der Waals surface area (Å²) in [5.41, 5.74) is 13.6. The van der Waals surface area contributed by atoms with Crippen molar-refractivity contribution in [1.82, 2.24) is 0 Å². The van der Waals surface area contributed by atoms with Gasteiger partial charge in [-0.1, -0.05) is 44.2 Å². The monoisotopic (exact) mass is 490 g/mol. The van der Waals surface area contributed by atoms with Gasteiger partial charge in [0.2, 0.25) is 5.69 Å². The first-order valence-electron chi connectivity index (χ1n) is 15.1. The SMILES string of the molecule is CCC1(C)c2ccc(-c3c(C)cccc3C)cc2-c2cc3c(c[n+]2C1(C)CC)C1CC2CC(CC3C2)C1. The molecule has 0 saturated heterocycles. The third kappa shape index (κ3) is 3.12. The first kappa shape index (κ1) is 23.7. The highest BCUT2D eigenvalue weighted by molar-refractivity contribution is 5.78. The largest absolute Gasteiger partial charge is 0.213 e. The summed E-state index contributed by atoms with van der Waals surface area (Å²) in [4.78, 5) is 0. The average molecular weight is 491 g/mol. The molecule has 4 atom stereocenters. The molecule has 1 aliphatic heterocycles. The zero-order valence-electron chi connectivity index (χ0n) is 23.8. The molecular weight excluding hydrogens is 446 g/mol. The molecule has 192 valence electrons. The van der Waals surface area contributed by atoms with E-state index in [1.54, 1.807) is 16.7 Å². The Bertz CT molecular complexity index is 1380. The molecule has 0 N–H and O–H groups in total. The van der Waals surface area contributed by atoms with Crippen LogP contribution in [-0.2, 0) is 11.0 Å². The van der Waals surface area contributed by atoms with Crippen LogP contribution < -0.4 is 4.57 Å². The van der Waals surface area contributed by atoms with Gasteiger partial charge in [0.05, 0.1) is 11.0 Å². The number of hydrogen-bond acceptors (Lipinski definition) is 0. The van der Waals surface area contributed by atoms with Crippen LogP contribution in [0.2, 0.25) is 0 Å². The van der Waals surface area contributed by atoms with Crippen LogP contribution in [0.5, 0.6) is 0 Å². The third-order valence-corrected chi connectivity index (χ3v) is 11.9. The Hall–Kier alpha value is -2.41. The molecule has 2 saturated carbocycles. The van der Waals surface area contributed by atoms with Gasteiger partial charge in [0.15, 0.2) is 11.7 Å². The summed E-state index contributed by atoms with van der Waals surface area (Å²) in [5, 5.41) is 0. The lowest BCUT2D eigenvalue weighted by molar-refractivity contribution is -0.765. The van der Waals surface area contributed by atoms with Gasteiger partial charge in [-0.3, -0.25) is 0 Å². The van der Waals surface area contributed by atoms with E-state index in [1.165, 1.54) is 65.6 Å². The second-order valence-corrected chi connectivity index (χ2v) is 13.6. The number of rotatable bonds is 3. The third-order valence-electron chi connectivity index (χ3n) is 11.9. The summed E-state index contributed by atoms with van der Waals surface area (Å²) in [6.07, 6.45) is 12.2. The fourth-order valence-corrected chi connectivity index (χ4v) is 9.60. The highest BCUT2D eigenvalue weighted by Gasteiger charge is 2.57. The molecule has 4 bridgehead atoms. The number of hydrogen-bond donors (Lipinski definition) is 0. The second kappa shape index (κ2) is 8.05. The van der Waals surface area contributed by atoms with Crippen molar-refractivity contribution in [1.29, 1.82) is 0 Å². The molecule has 4 unspecified atom stereocenters. The van der Waals surface area contributed by atoms with Crippen molar-refractivity contribution < 1.29 is 4.57 Å². The van der Waals surface area contributed by atoms with E-state index in [2.05, 4.69) is 94.8 Å². The zero-order chi connectivity index (χ0) is 25.7. The van der Waals surface area contributed by atoms with Crippen molar-refractivity contribution in [3.8, 4) is 22.4 Å². The molecule has 37 heavy (non-hydrogen) atoms. The smallest absolute Gasteiger partial charge is 0.192 e. The van der Waals surface area contributed by atoms with Crippen LogP contribution in [0.15, 0.2) is 48.7 Å². The molecule has 1 heteroatoms. The van der Waals surface area contributed by atoms with Gasteiger partial charge in [-0.25, -0.2) is 0 Å². The lowest BCUT2D eigenvalue weighted by Gasteiger charge is -2.46. The second-order valence-electron chi connectivity index (χ2n) is 13.6. The normalized spacial score (nSPS) is 33.0. The summed E-state index contributed by atoms with van der Waals surface area (Å²) >= 11 is 0. The van der Waals surface area contributed by atoms with Crippen molar-refractivity contribution in [2.75, 3.05) is 0 Å². The molecule has 4 aliphatic carbocycles. The minimum atomic E-state index is 0.0581. The van der Waals surface area contributed by atoms with Gasteiger partial charge in [-0.2, -0.15) is 4.57 Å². The van der Waals surface area contributed by atoms with Gasteiger partial charge in [-0.05, 0) is 122 Å². The lowest BCUT2D eigenvalue weighted by Crippen LogP contribution is -2.67. The van der Waals surface area contributed by atoms with Crippen molar-refractivity contribution in [2.45, 2.75) is 109 Å². The predicted octanol–water partition coefficient (Wildman–Crippen LogP) is 9.12. The van der Waals surface area contributed by atoms with Crippen LogP contribution in [0.4, 0.5) is 0 Å². The van der Waals surface area contributed by atoms with Crippen molar-refractivity contribution >= 4 is 0 Å². The summed E-state index contributed by atoms with van der Waals surface area (Å²) in [6, 6.07) is 16.9. The van der Waals surface area contributed by atoms with Gasteiger partial charge in [-0.15, -0.1) is 0 Å². The Morgan fingerprint density at radius 3 is 2.05 bits per heavy atom. The molecule has 0 spiro atoms. The lowest BCUT2D eigenvalue weighted by atomic mass is 9.60. The topological polar surface area (TPSA) is 3.88 Å². The zero-order valence-corrected chi connectivity index (χ0v) is 23.8. The molecule has 3 aromatic rings. The van der Waals surface area contributed by atoms with E-state index in [-0.39, 0.29) is 11.0 Å². The Labute approximate surface area is 224 Å². The number of aromatic nitrogens is 1. The van der Waals surface area contributed by atoms with E-state index in [9.17, 15) is 0 Å². The van der Waals surface area contributed by atoms with E-state index >= 15 is 0 Å².